The maximum atomic E-state index is 11.0. The topological polar surface area (TPSA) is 109 Å². The van der Waals surface area contributed by atoms with Gasteiger partial charge in [-0.25, -0.2) is 14.8 Å². The number of carboxylic acids is 1. The van der Waals surface area contributed by atoms with Gasteiger partial charge in [-0.3, -0.25) is 4.40 Å². The second-order valence-electron chi connectivity index (χ2n) is 3.26. The van der Waals surface area contributed by atoms with E-state index in [-0.39, 0.29) is 11.4 Å². The lowest BCUT2D eigenvalue weighted by atomic mass is 10.3. The fourth-order valence-electron chi connectivity index (χ4n) is 1.53. The van der Waals surface area contributed by atoms with Crippen molar-refractivity contribution in [3.8, 4) is 11.5 Å². The molecule has 0 amide bonds. The smallest absolute Gasteiger partial charge is 0.354 e. The number of rotatable bonds is 2. The summed E-state index contributed by atoms with van der Waals surface area (Å²) in [5, 5.41) is 16.8. The van der Waals surface area contributed by atoms with Crippen LogP contribution in [0.1, 0.15) is 10.5 Å². The Kier molecular flexibility index (Phi) is 1.87. The molecule has 0 aliphatic rings. The zero-order valence-electron chi connectivity index (χ0n) is 8.40. The molecule has 3 aromatic rings. The first-order valence-electron chi connectivity index (χ1n) is 4.69. The molecule has 8 heteroatoms. The van der Waals surface area contributed by atoms with E-state index >= 15 is 0 Å². The predicted octanol–water partition coefficient (Wildman–Crippen LogP) is 0.213. The van der Waals surface area contributed by atoms with Gasteiger partial charge < -0.3 is 10.1 Å². The molecular weight excluding hydrogens is 224 g/mol. The molecule has 8 nitrogen and oxygen atoms in total. The summed E-state index contributed by atoms with van der Waals surface area (Å²) in [5.41, 5.74) is 0.787. The average Bonchev–Trinajstić information content (AvgIpc) is 2.94. The normalized spacial score (nSPS) is 10.8. The van der Waals surface area contributed by atoms with Gasteiger partial charge in [-0.1, -0.05) is 0 Å². The quantitative estimate of drug-likeness (QED) is 0.651. The van der Waals surface area contributed by atoms with Gasteiger partial charge in [0.15, 0.2) is 17.2 Å². The molecule has 0 aliphatic heterocycles. The number of nitrogens with one attached hydrogen (secondary N) is 1. The van der Waals surface area contributed by atoms with Crippen LogP contribution < -0.4 is 0 Å². The predicted molar refractivity (Wildman–Crippen MR) is 55.3 cm³/mol. The lowest BCUT2D eigenvalue weighted by Crippen LogP contribution is -2.01. The van der Waals surface area contributed by atoms with E-state index in [1.54, 1.807) is 16.7 Å². The van der Waals surface area contributed by atoms with Crippen LogP contribution in [0.5, 0.6) is 0 Å². The van der Waals surface area contributed by atoms with Gasteiger partial charge in [-0.05, 0) is 0 Å². The van der Waals surface area contributed by atoms with Gasteiger partial charge in [0.2, 0.25) is 0 Å². The number of nitrogens with zero attached hydrogens (tertiary/aromatic N) is 5. The van der Waals surface area contributed by atoms with Crippen molar-refractivity contribution in [3.63, 3.8) is 0 Å². The van der Waals surface area contributed by atoms with Gasteiger partial charge >= 0.3 is 5.97 Å². The molecule has 0 saturated carbocycles. The number of carboxylic acid groups (broad SMARTS) is 1. The fourth-order valence-corrected chi connectivity index (χ4v) is 1.53. The van der Waals surface area contributed by atoms with Crippen molar-refractivity contribution >= 4 is 11.6 Å². The lowest BCUT2D eigenvalue weighted by molar-refractivity contribution is 0.0692. The highest BCUT2D eigenvalue weighted by molar-refractivity contribution is 5.91. The third-order valence-corrected chi connectivity index (χ3v) is 2.28. The highest BCUT2D eigenvalue weighted by atomic mass is 16.4. The summed E-state index contributed by atoms with van der Waals surface area (Å²) in [5.74, 6) is -0.759. The Hall–Kier alpha value is -2.77. The third kappa shape index (κ3) is 1.34. The Morgan fingerprint density at radius 1 is 1.41 bits per heavy atom. The molecular formula is C9H6N6O2. The van der Waals surface area contributed by atoms with Crippen molar-refractivity contribution in [2.75, 3.05) is 0 Å². The van der Waals surface area contributed by atoms with Gasteiger partial charge in [0.05, 0.1) is 6.33 Å². The summed E-state index contributed by atoms with van der Waals surface area (Å²) in [6.45, 7) is 0. The lowest BCUT2D eigenvalue weighted by Gasteiger charge is -1.96. The molecule has 3 aromatic heterocycles. The van der Waals surface area contributed by atoms with Crippen molar-refractivity contribution in [2.24, 2.45) is 0 Å². The Morgan fingerprint density at radius 3 is 3.12 bits per heavy atom. The molecule has 0 aromatic carbocycles. The van der Waals surface area contributed by atoms with Crippen molar-refractivity contribution in [1.82, 2.24) is 29.5 Å². The number of hydrogen-bond donors (Lipinski definition) is 2. The van der Waals surface area contributed by atoms with Crippen LogP contribution in [0, 0.1) is 0 Å². The SMILES string of the molecule is O=C(O)c1[nH]cnc1-c1nnc2ccncn12. The zero-order chi connectivity index (χ0) is 11.8. The monoisotopic (exact) mass is 230 g/mol. The summed E-state index contributed by atoms with van der Waals surface area (Å²) in [4.78, 5) is 21.4. The molecule has 3 heterocycles. The van der Waals surface area contributed by atoms with Crippen molar-refractivity contribution in [3.05, 3.63) is 30.6 Å². The molecule has 0 saturated heterocycles. The maximum absolute atomic E-state index is 11.0. The number of hydrogen-bond acceptors (Lipinski definition) is 5. The minimum atomic E-state index is -1.10. The second kappa shape index (κ2) is 3.37. The first-order valence-corrected chi connectivity index (χ1v) is 4.69. The zero-order valence-corrected chi connectivity index (χ0v) is 8.40. The van der Waals surface area contributed by atoms with Crippen molar-refractivity contribution in [2.45, 2.75) is 0 Å². The van der Waals surface area contributed by atoms with Crippen LogP contribution in [-0.4, -0.2) is 40.6 Å². The Balaban J connectivity index is 2.28. The van der Waals surface area contributed by atoms with Crippen LogP contribution in [0.15, 0.2) is 24.9 Å². The van der Waals surface area contributed by atoms with Crippen LogP contribution in [0.25, 0.3) is 17.2 Å². The van der Waals surface area contributed by atoms with Crippen LogP contribution in [-0.2, 0) is 0 Å². The number of fused-ring (bicyclic) bond motifs is 1. The molecule has 3 rings (SSSR count). The van der Waals surface area contributed by atoms with E-state index in [1.165, 1.54) is 12.7 Å². The van der Waals surface area contributed by atoms with Crippen LogP contribution in [0.4, 0.5) is 0 Å². The number of H-pyrrole nitrogens is 1. The Morgan fingerprint density at radius 2 is 2.29 bits per heavy atom. The Labute approximate surface area is 94.0 Å². The molecule has 0 radical (unpaired) electrons. The number of carbonyl (C=O) groups is 1. The molecule has 0 bridgehead atoms. The van der Waals surface area contributed by atoms with E-state index in [0.29, 0.717) is 11.5 Å². The van der Waals surface area contributed by atoms with Gasteiger partial charge in [-0.15, -0.1) is 10.2 Å². The molecule has 2 N–H and O–H groups in total. The first-order chi connectivity index (χ1) is 8.27. The van der Waals surface area contributed by atoms with Crippen LogP contribution in [0.3, 0.4) is 0 Å². The van der Waals surface area contributed by atoms with E-state index < -0.39 is 5.97 Å². The summed E-state index contributed by atoms with van der Waals surface area (Å²) >= 11 is 0. The molecule has 0 fully saturated rings. The van der Waals surface area contributed by atoms with Gasteiger partial charge in [-0.2, -0.15) is 0 Å². The van der Waals surface area contributed by atoms with Crippen LogP contribution >= 0.6 is 0 Å². The minimum Gasteiger partial charge on any atom is -0.477 e. The van der Waals surface area contributed by atoms with Gasteiger partial charge in [0.1, 0.15) is 12.0 Å². The largest absolute Gasteiger partial charge is 0.477 e. The molecule has 0 spiro atoms. The Bertz CT molecular complexity index is 700. The van der Waals surface area contributed by atoms with E-state index in [1.807, 2.05) is 0 Å². The second-order valence-corrected chi connectivity index (χ2v) is 3.26. The summed E-state index contributed by atoms with van der Waals surface area (Å²) in [6, 6.07) is 1.67. The number of aromatic amines is 1. The third-order valence-electron chi connectivity index (χ3n) is 2.28. The summed E-state index contributed by atoms with van der Waals surface area (Å²) < 4.78 is 1.57. The standard InChI is InChI=1S/C9H6N6O2/c16-9(17)7-6(11-3-12-7)8-14-13-5-1-2-10-4-15(5)8/h1-4H,(H,11,12)(H,16,17). The molecule has 17 heavy (non-hydrogen) atoms. The average molecular weight is 230 g/mol. The number of aromatic nitrogens is 6. The van der Waals surface area contributed by atoms with E-state index in [9.17, 15) is 4.79 Å². The maximum Gasteiger partial charge on any atom is 0.354 e. The van der Waals surface area contributed by atoms with E-state index in [4.69, 9.17) is 5.11 Å². The van der Waals surface area contributed by atoms with Crippen molar-refractivity contribution < 1.29 is 9.90 Å². The fraction of sp³-hybridized carbons (Fsp3) is 0. The first kappa shape index (κ1) is 9.46. The highest BCUT2D eigenvalue weighted by Gasteiger charge is 2.19. The van der Waals surface area contributed by atoms with Gasteiger partial charge in [0, 0.05) is 12.3 Å². The van der Waals surface area contributed by atoms with Crippen molar-refractivity contribution in [1.29, 1.82) is 0 Å². The van der Waals surface area contributed by atoms with E-state index in [0.717, 1.165) is 0 Å². The van der Waals surface area contributed by atoms with Gasteiger partial charge in [0.25, 0.3) is 0 Å². The molecule has 0 aliphatic carbocycles. The summed E-state index contributed by atoms with van der Waals surface area (Å²) in [6.07, 6.45) is 4.39. The number of aromatic carboxylic acids is 1. The summed E-state index contributed by atoms with van der Waals surface area (Å²) in [7, 11) is 0. The number of imidazole rings is 1. The van der Waals surface area contributed by atoms with E-state index in [2.05, 4.69) is 25.1 Å². The highest BCUT2D eigenvalue weighted by Crippen LogP contribution is 2.18. The van der Waals surface area contributed by atoms with Crippen LogP contribution in [0.2, 0.25) is 0 Å². The minimum absolute atomic E-state index is 0.0249. The molecule has 0 unspecified atom stereocenters. The molecule has 0 atom stereocenters. The molecule has 84 valence electrons.